The van der Waals surface area contributed by atoms with Gasteiger partial charge in [0, 0.05) is 12.1 Å². The van der Waals surface area contributed by atoms with Crippen molar-refractivity contribution in [2.45, 2.75) is 19.4 Å². The highest BCUT2D eigenvalue weighted by Crippen LogP contribution is 2.18. The van der Waals surface area contributed by atoms with E-state index in [4.69, 9.17) is 5.21 Å². The molecule has 2 N–H and O–H groups in total. The number of aromatic nitrogens is 3. The first-order valence-corrected chi connectivity index (χ1v) is 6.98. The van der Waals surface area contributed by atoms with Crippen LogP contribution in [0.1, 0.15) is 17.3 Å². The third-order valence-corrected chi connectivity index (χ3v) is 3.52. The summed E-state index contributed by atoms with van der Waals surface area (Å²) in [6, 6.07) is 12.7. The Morgan fingerprint density at radius 3 is 2.73 bits per heavy atom. The molecule has 22 heavy (non-hydrogen) atoms. The van der Waals surface area contributed by atoms with Gasteiger partial charge < -0.3 is 0 Å². The van der Waals surface area contributed by atoms with Crippen molar-refractivity contribution in [2.24, 2.45) is 0 Å². The molecular formula is C16H16N4O2. The van der Waals surface area contributed by atoms with Crippen molar-refractivity contribution in [1.29, 1.82) is 0 Å². The number of aryl methyl sites for hydroxylation is 1. The lowest BCUT2D eigenvalue weighted by atomic mass is 10.1. The molecule has 1 aromatic carbocycles. The number of benzene rings is 1. The Kier molecular flexibility index (Phi) is 3.84. The second-order valence-electron chi connectivity index (χ2n) is 5.15. The first-order chi connectivity index (χ1) is 10.7. The van der Waals surface area contributed by atoms with Gasteiger partial charge in [-0.05, 0) is 24.6 Å². The minimum Gasteiger partial charge on any atom is -0.289 e. The topological polar surface area (TPSA) is 80.0 Å². The van der Waals surface area contributed by atoms with E-state index in [2.05, 4.69) is 10.1 Å². The van der Waals surface area contributed by atoms with Crippen LogP contribution in [0.3, 0.4) is 0 Å². The third kappa shape index (κ3) is 2.82. The van der Waals surface area contributed by atoms with E-state index in [0.717, 1.165) is 22.3 Å². The molecule has 2 heterocycles. The number of nitrogens with zero attached hydrogens (tertiary/aromatic N) is 3. The highest BCUT2D eigenvalue weighted by Gasteiger charge is 2.22. The van der Waals surface area contributed by atoms with Crippen molar-refractivity contribution in [1.82, 2.24) is 20.2 Å². The van der Waals surface area contributed by atoms with E-state index in [0.29, 0.717) is 6.42 Å². The van der Waals surface area contributed by atoms with E-state index in [9.17, 15) is 4.79 Å². The van der Waals surface area contributed by atoms with Gasteiger partial charge in [-0.15, -0.1) is 0 Å². The van der Waals surface area contributed by atoms with Crippen LogP contribution in [0.2, 0.25) is 0 Å². The number of amides is 1. The Morgan fingerprint density at radius 1 is 1.23 bits per heavy atom. The zero-order valence-corrected chi connectivity index (χ0v) is 12.1. The zero-order chi connectivity index (χ0) is 15.5. The Morgan fingerprint density at radius 2 is 2.00 bits per heavy atom. The van der Waals surface area contributed by atoms with Crippen molar-refractivity contribution in [3.8, 4) is 0 Å². The fourth-order valence-electron chi connectivity index (χ4n) is 2.41. The smallest absolute Gasteiger partial charge is 0.268 e. The molecule has 0 aliphatic carbocycles. The number of pyridine rings is 1. The molecule has 1 amide bonds. The molecule has 0 saturated carbocycles. The van der Waals surface area contributed by atoms with Crippen molar-refractivity contribution in [3.63, 3.8) is 0 Å². The van der Waals surface area contributed by atoms with Crippen LogP contribution in [-0.2, 0) is 11.2 Å². The molecule has 0 saturated heterocycles. The van der Waals surface area contributed by atoms with Gasteiger partial charge in [0.25, 0.3) is 5.91 Å². The summed E-state index contributed by atoms with van der Waals surface area (Å²) in [5.74, 6) is -0.506. The molecule has 0 aliphatic heterocycles. The summed E-state index contributed by atoms with van der Waals surface area (Å²) in [5, 5.41) is 13.4. The molecule has 112 valence electrons. The maximum atomic E-state index is 12.0. The molecule has 0 spiro atoms. The van der Waals surface area contributed by atoms with Crippen molar-refractivity contribution >= 4 is 16.9 Å². The Hall–Kier alpha value is -2.73. The van der Waals surface area contributed by atoms with E-state index in [1.807, 2.05) is 49.4 Å². The predicted molar refractivity (Wildman–Crippen MR) is 81.4 cm³/mol. The van der Waals surface area contributed by atoms with Crippen LogP contribution in [0, 0.1) is 6.92 Å². The van der Waals surface area contributed by atoms with E-state index in [-0.39, 0.29) is 0 Å². The van der Waals surface area contributed by atoms with Gasteiger partial charge in [-0.3, -0.25) is 14.7 Å². The van der Waals surface area contributed by atoms with Crippen LogP contribution in [-0.4, -0.2) is 25.9 Å². The number of hydroxylamine groups is 1. The van der Waals surface area contributed by atoms with Crippen molar-refractivity contribution in [2.75, 3.05) is 0 Å². The molecule has 1 atom stereocenters. The van der Waals surface area contributed by atoms with E-state index >= 15 is 0 Å². The number of carbonyl (C=O) groups is 1. The lowest BCUT2D eigenvalue weighted by Crippen LogP contribution is -2.32. The summed E-state index contributed by atoms with van der Waals surface area (Å²) >= 11 is 0. The molecule has 0 bridgehead atoms. The minimum absolute atomic E-state index is 0.431. The number of nitrogens with one attached hydrogen (secondary N) is 1. The standard InChI is InChI=1S/C16H16N4O2/c1-11-7-8-13-14(17-11)10-20(18-13)15(16(21)19-22)9-12-5-3-2-4-6-12/h2-8,10,15,22H,9H2,1H3,(H,19,21). The normalized spacial score (nSPS) is 12.3. The minimum atomic E-state index is -0.637. The first-order valence-electron chi connectivity index (χ1n) is 6.98. The van der Waals surface area contributed by atoms with Crippen LogP contribution >= 0.6 is 0 Å². The fourth-order valence-corrected chi connectivity index (χ4v) is 2.41. The molecule has 3 aromatic rings. The summed E-state index contributed by atoms with van der Waals surface area (Å²) in [6.45, 7) is 1.90. The summed E-state index contributed by atoms with van der Waals surface area (Å²) in [7, 11) is 0. The van der Waals surface area contributed by atoms with Gasteiger partial charge in [0.15, 0.2) is 0 Å². The summed E-state index contributed by atoms with van der Waals surface area (Å²) in [6.07, 6.45) is 2.16. The van der Waals surface area contributed by atoms with Gasteiger partial charge in [0.2, 0.25) is 0 Å². The van der Waals surface area contributed by atoms with Gasteiger partial charge in [-0.2, -0.15) is 5.10 Å². The Labute approximate surface area is 127 Å². The predicted octanol–water partition coefficient (Wildman–Crippen LogP) is 2.03. The van der Waals surface area contributed by atoms with Crippen LogP contribution < -0.4 is 5.48 Å². The van der Waals surface area contributed by atoms with Gasteiger partial charge in [-0.25, -0.2) is 10.5 Å². The van der Waals surface area contributed by atoms with E-state index < -0.39 is 11.9 Å². The number of hydrogen-bond acceptors (Lipinski definition) is 4. The highest BCUT2D eigenvalue weighted by molar-refractivity contribution is 5.80. The summed E-state index contributed by atoms with van der Waals surface area (Å²) in [4.78, 5) is 16.4. The molecule has 0 fully saturated rings. The molecule has 3 rings (SSSR count). The van der Waals surface area contributed by atoms with Gasteiger partial charge in [0.05, 0.1) is 6.20 Å². The Bertz CT molecular complexity index is 798. The van der Waals surface area contributed by atoms with Crippen LogP contribution in [0.4, 0.5) is 0 Å². The number of fused-ring (bicyclic) bond motifs is 1. The molecule has 6 heteroatoms. The zero-order valence-electron chi connectivity index (χ0n) is 12.1. The number of hydrogen-bond donors (Lipinski definition) is 2. The summed E-state index contributed by atoms with van der Waals surface area (Å²) in [5.41, 5.74) is 5.04. The second-order valence-corrected chi connectivity index (χ2v) is 5.15. The van der Waals surface area contributed by atoms with Crippen LogP contribution in [0.15, 0.2) is 48.7 Å². The average Bonchev–Trinajstić information content (AvgIpc) is 2.95. The summed E-state index contributed by atoms with van der Waals surface area (Å²) < 4.78 is 1.55. The quantitative estimate of drug-likeness (QED) is 0.570. The molecule has 1 unspecified atom stereocenters. The maximum Gasteiger partial charge on any atom is 0.268 e. The SMILES string of the molecule is Cc1ccc2nn(C(Cc3ccccc3)C(=O)NO)cc2n1. The van der Waals surface area contributed by atoms with Gasteiger partial charge in [-0.1, -0.05) is 30.3 Å². The number of rotatable bonds is 4. The van der Waals surface area contributed by atoms with Gasteiger partial charge in [0.1, 0.15) is 17.1 Å². The monoisotopic (exact) mass is 296 g/mol. The molecule has 2 aromatic heterocycles. The number of carbonyl (C=O) groups excluding carboxylic acids is 1. The molecule has 0 radical (unpaired) electrons. The molecular weight excluding hydrogens is 280 g/mol. The van der Waals surface area contributed by atoms with Crippen LogP contribution in [0.25, 0.3) is 11.0 Å². The second kappa shape index (κ2) is 5.95. The molecule has 0 aliphatic rings. The lowest BCUT2D eigenvalue weighted by Gasteiger charge is -2.15. The van der Waals surface area contributed by atoms with E-state index in [1.54, 1.807) is 16.4 Å². The van der Waals surface area contributed by atoms with E-state index in [1.165, 1.54) is 0 Å². The van der Waals surface area contributed by atoms with Crippen molar-refractivity contribution < 1.29 is 10.0 Å². The third-order valence-electron chi connectivity index (χ3n) is 3.52. The first kappa shape index (κ1) is 14.2. The fraction of sp³-hybridized carbons (Fsp3) is 0.188. The maximum absolute atomic E-state index is 12.0. The Balaban J connectivity index is 1.98. The van der Waals surface area contributed by atoms with Crippen molar-refractivity contribution in [3.05, 3.63) is 59.9 Å². The average molecular weight is 296 g/mol. The van der Waals surface area contributed by atoms with Crippen LogP contribution in [0.5, 0.6) is 0 Å². The lowest BCUT2D eigenvalue weighted by molar-refractivity contribution is -0.132. The highest BCUT2D eigenvalue weighted by atomic mass is 16.5. The van der Waals surface area contributed by atoms with Gasteiger partial charge >= 0.3 is 0 Å². The molecule has 6 nitrogen and oxygen atoms in total. The largest absolute Gasteiger partial charge is 0.289 e.